The van der Waals surface area contributed by atoms with Gasteiger partial charge in [0.2, 0.25) is 5.91 Å². The van der Waals surface area contributed by atoms with E-state index in [0.29, 0.717) is 22.6 Å². The van der Waals surface area contributed by atoms with Gasteiger partial charge in [0, 0.05) is 23.7 Å². The van der Waals surface area contributed by atoms with Crippen molar-refractivity contribution in [1.29, 1.82) is 0 Å². The highest BCUT2D eigenvalue weighted by atomic mass is 16.5. The van der Waals surface area contributed by atoms with E-state index in [1.165, 1.54) is 25.3 Å². The molecule has 8 nitrogen and oxygen atoms in total. The molecule has 0 fully saturated rings. The first kappa shape index (κ1) is 22.2. The Labute approximate surface area is 184 Å². The Kier molecular flexibility index (Phi) is 7.32. The Morgan fingerprint density at radius 1 is 0.969 bits per heavy atom. The molecule has 3 aromatic rings. The number of hydrogen-bond donors (Lipinski definition) is 3. The van der Waals surface area contributed by atoms with Crippen LogP contribution in [0.5, 0.6) is 5.75 Å². The van der Waals surface area contributed by atoms with Crippen molar-refractivity contribution in [2.45, 2.75) is 13.5 Å². The van der Waals surface area contributed by atoms with E-state index in [4.69, 9.17) is 9.84 Å². The molecule has 0 heterocycles. The monoisotopic (exact) mass is 431 g/mol. The predicted octanol–water partition coefficient (Wildman–Crippen LogP) is 3.69. The lowest BCUT2D eigenvalue weighted by molar-refractivity contribution is -0.114. The lowest BCUT2D eigenvalue weighted by Gasteiger charge is -2.09. The normalized spacial score (nSPS) is 10.5. The number of nitrogens with zero attached hydrogens (tertiary/aromatic N) is 1. The number of hydrogen-bond acceptors (Lipinski definition) is 5. The molecule has 0 atom stereocenters. The van der Waals surface area contributed by atoms with E-state index < -0.39 is 11.9 Å². The average Bonchev–Trinajstić information content (AvgIpc) is 2.78. The van der Waals surface area contributed by atoms with Crippen LogP contribution < -0.4 is 15.5 Å². The number of benzene rings is 3. The van der Waals surface area contributed by atoms with Crippen molar-refractivity contribution in [3.05, 3.63) is 95.1 Å². The molecule has 0 aliphatic heterocycles. The predicted molar refractivity (Wildman–Crippen MR) is 120 cm³/mol. The fourth-order valence-corrected chi connectivity index (χ4v) is 2.79. The summed E-state index contributed by atoms with van der Waals surface area (Å²) in [7, 11) is 0. The van der Waals surface area contributed by atoms with Gasteiger partial charge in [0.15, 0.2) is 0 Å². The number of carboxylic acids is 1. The lowest BCUT2D eigenvalue weighted by atomic mass is 10.1. The van der Waals surface area contributed by atoms with E-state index in [1.54, 1.807) is 48.5 Å². The molecule has 0 bridgehead atoms. The van der Waals surface area contributed by atoms with Gasteiger partial charge in [-0.1, -0.05) is 30.3 Å². The van der Waals surface area contributed by atoms with Gasteiger partial charge in [-0.15, -0.1) is 0 Å². The minimum absolute atomic E-state index is 0.208. The molecule has 3 aromatic carbocycles. The number of carbonyl (C=O) groups excluding carboxylic acids is 2. The standard InChI is InChI=1S/C24H21N3O5/c1-16(28)26-21-7-4-6-19(13-21)23(29)27-25-14-20-5-2-3-8-22(20)32-15-17-9-11-18(12-10-17)24(30)31/h2-14H,15H2,1H3,(H,26,28)(H,27,29)(H,30,31)/b25-14-. The molecule has 32 heavy (non-hydrogen) atoms. The van der Waals surface area contributed by atoms with Gasteiger partial charge in [-0.25, -0.2) is 10.2 Å². The van der Waals surface area contributed by atoms with Crippen molar-refractivity contribution in [3.8, 4) is 5.75 Å². The van der Waals surface area contributed by atoms with E-state index in [1.807, 2.05) is 12.1 Å². The molecule has 0 aromatic heterocycles. The zero-order chi connectivity index (χ0) is 22.9. The van der Waals surface area contributed by atoms with Crippen LogP contribution in [0.15, 0.2) is 77.9 Å². The summed E-state index contributed by atoms with van der Waals surface area (Å²) in [6.45, 7) is 1.63. The van der Waals surface area contributed by atoms with Gasteiger partial charge >= 0.3 is 5.97 Å². The molecule has 0 aliphatic rings. The molecule has 162 valence electrons. The molecule has 0 aliphatic carbocycles. The topological polar surface area (TPSA) is 117 Å². The van der Waals surface area contributed by atoms with Crippen LogP contribution >= 0.6 is 0 Å². The van der Waals surface area contributed by atoms with E-state index in [-0.39, 0.29) is 18.1 Å². The van der Waals surface area contributed by atoms with E-state index in [2.05, 4.69) is 15.8 Å². The first-order valence-corrected chi connectivity index (χ1v) is 9.67. The number of rotatable bonds is 8. The third-order valence-electron chi connectivity index (χ3n) is 4.33. The molecule has 3 rings (SSSR count). The number of carbonyl (C=O) groups is 3. The number of nitrogens with one attached hydrogen (secondary N) is 2. The van der Waals surface area contributed by atoms with Gasteiger partial charge in [-0.3, -0.25) is 9.59 Å². The quantitative estimate of drug-likeness (QED) is 0.371. The number of ether oxygens (including phenoxy) is 1. The summed E-state index contributed by atoms with van der Waals surface area (Å²) in [5, 5.41) is 15.6. The van der Waals surface area contributed by atoms with Crippen LogP contribution in [0.4, 0.5) is 5.69 Å². The van der Waals surface area contributed by atoms with Crippen LogP contribution in [0.3, 0.4) is 0 Å². The molecule has 0 unspecified atom stereocenters. The summed E-state index contributed by atoms with van der Waals surface area (Å²) >= 11 is 0. The Morgan fingerprint density at radius 2 is 1.72 bits per heavy atom. The molecule has 8 heteroatoms. The van der Waals surface area contributed by atoms with Gasteiger partial charge in [-0.05, 0) is 48.0 Å². The van der Waals surface area contributed by atoms with Crippen LogP contribution in [0, 0.1) is 0 Å². The lowest BCUT2D eigenvalue weighted by Crippen LogP contribution is -2.18. The third-order valence-corrected chi connectivity index (χ3v) is 4.33. The van der Waals surface area contributed by atoms with Gasteiger partial charge < -0.3 is 15.2 Å². The number of anilines is 1. The van der Waals surface area contributed by atoms with E-state index in [0.717, 1.165) is 5.56 Å². The number of aromatic carboxylic acids is 1. The Bertz CT molecular complexity index is 1160. The smallest absolute Gasteiger partial charge is 0.335 e. The van der Waals surface area contributed by atoms with Crippen molar-refractivity contribution < 1.29 is 24.2 Å². The van der Waals surface area contributed by atoms with Gasteiger partial charge in [0.25, 0.3) is 5.91 Å². The summed E-state index contributed by atoms with van der Waals surface area (Å²) in [4.78, 5) is 34.4. The summed E-state index contributed by atoms with van der Waals surface area (Å²) in [5.74, 6) is -1.08. The Morgan fingerprint density at radius 3 is 2.44 bits per heavy atom. The van der Waals surface area contributed by atoms with Crippen LogP contribution in [-0.2, 0) is 11.4 Å². The first-order chi connectivity index (χ1) is 15.4. The minimum atomic E-state index is -0.983. The molecule has 2 amide bonds. The Balaban J connectivity index is 1.62. The number of para-hydroxylation sites is 1. The SMILES string of the molecule is CC(=O)Nc1cccc(C(=O)N/N=C\c2ccccc2OCc2ccc(C(=O)O)cc2)c1. The fraction of sp³-hybridized carbons (Fsp3) is 0.0833. The largest absolute Gasteiger partial charge is 0.488 e. The van der Waals surface area contributed by atoms with Crippen LogP contribution in [0.1, 0.15) is 38.8 Å². The van der Waals surface area contributed by atoms with Gasteiger partial charge in [0.05, 0.1) is 11.8 Å². The maximum atomic E-state index is 12.3. The minimum Gasteiger partial charge on any atom is -0.488 e. The second-order valence-electron chi connectivity index (χ2n) is 6.79. The molecule has 0 spiro atoms. The van der Waals surface area contributed by atoms with Crippen LogP contribution in [0.25, 0.3) is 0 Å². The number of hydrazone groups is 1. The number of amides is 2. The second-order valence-corrected chi connectivity index (χ2v) is 6.79. The number of carboxylic acid groups (broad SMARTS) is 1. The fourth-order valence-electron chi connectivity index (χ4n) is 2.79. The highest BCUT2D eigenvalue weighted by Crippen LogP contribution is 2.18. The highest BCUT2D eigenvalue weighted by molar-refractivity contribution is 5.97. The maximum Gasteiger partial charge on any atom is 0.335 e. The maximum absolute atomic E-state index is 12.3. The van der Waals surface area contributed by atoms with Crippen LogP contribution in [-0.4, -0.2) is 29.1 Å². The summed E-state index contributed by atoms with van der Waals surface area (Å²) in [6.07, 6.45) is 1.47. The molecule has 3 N–H and O–H groups in total. The van der Waals surface area contributed by atoms with Crippen molar-refractivity contribution in [2.75, 3.05) is 5.32 Å². The first-order valence-electron chi connectivity index (χ1n) is 9.67. The van der Waals surface area contributed by atoms with Crippen molar-refractivity contribution in [3.63, 3.8) is 0 Å². The van der Waals surface area contributed by atoms with Crippen molar-refractivity contribution in [1.82, 2.24) is 5.43 Å². The molecule has 0 saturated heterocycles. The van der Waals surface area contributed by atoms with Crippen LogP contribution in [0.2, 0.25) is 0 Å². The van der Waals surface area contributed by atoms with Crippen molar-refractivity contribution in [2.24, 2.45) is 5.10 Å². The molecular weight excluding hydrogens is 410 g/mol. The Hall–Kier alpha value is -4.46. The average molecular weight is 431 g/mol. The zero-order valence-corrected chi connectivity index (χ0v) is 17.2. The molecule has 0 saturated carbocycles. The summed E-state index contributed by atoms with van der Waals surface area (Å²) in [5.41, 5.74) is 5.00. The van der Waals surface area contributed by atoms with Gasteiger partial charge in [0.1, 0.15) is 12.4 Å². The summed E-state index contributed by atoms with van der Waals surface area (Å²) < 4.78 is 5.83. The second kappa shape index (κ2) is 10.5. The summed E-state index contributed by atoms with van der Waals surface area (Å²) in [6, 6.07) is 20.1. The molecular formula is C24H21N3O5. The highest BCUT2D eigenvalue weighted by Gasteiger charge is 2.07. The van der Waals surface area contributed by atoms with E-state index >= 15 is 0 Å². The molecule has 0 radical (unpaired) electrons. The van der Waals surface area contributed by atoms with E-state index in [9.17, 15) is 14.4 Å². The van der Waals surface area contributed by atoms with Crippen molar-refractivity contribution >= 4 is 29.7 Å². The zero-order valence-electron chi connectivity index (χ0n) is 17.2. The third kappa shape index (κ3) is 6.27. The van der Waals surface area contributed by atoms with Gasteiger partial charge in [-0.2, -0.15) is 5.10 Å².